The van der Waals surface area contributed by atoms with Gasteiger partial charge in [0.05, 0.1) is 6.04 Å². The van der Waals surface area contributed by atoms with Gasteiger partial charge in [-0.05, 0) is 31.0 Å². The van der Waals surface area contributed by atoms with Crippen LogP contribution in [0.25, 0.3) is 0 Å². The molecule has 0 aliphatic rings. The van der Waals surface area contributed by atoms with E-state index in [4.69, 9.17) is 5.11 Å². The highest BCUT2D eigenvalue weighted by Gasteiger charge is 2.08. The molecule has 1 amide bonds. The molecule has 0 radical (unpaired) electrons. The fourth-order valence-electron chi connectivity index (χ4n) is 1.73. The first kappa shape index (κ1) is 15.3. The van der Waals surface area contributed by atoms with E-state index in [9.17, 15) is 4.79 Å². The highest BCUT2D eigenvalue weighted by molar-refractivity contribution is 5.76. The molecule has 102 valence electrons. The quantitative estimate of drug-likeness (QED) is 0.798. The van der Waals surface area contributed by atoms with E-state index in [0.29, 0.717) is 6.42 Å². The number of carbonyl (C=O) groups is 1. The molecule has 3 heteroatoms. The largest absolute Gasteiger partial charge is 0.384 e. The molecule has 0 aromatic heterocycles. The molecule has 0 aliphatic carbocycles. The molecule has 1 aromatic carbocycles. The lowest BCUT2D eigenvalue weighted by Gasteiger charge is -2.14. The average molecular weight is 259 g/mol. The van der Waals surface area contributed by atoms with E-state index in [1.165, 1.54) is 0 Å². The number of aliphatic hydroxyl groups excluding tert-OH is 1. The lowest BCUT2D eigenvalue weighted by Crippen LogP contribution is -2.26. The van der Waals surface area contributed by atoms with E-state index in [-0.39, 0.29) is 18.6 Å². The Balaban J connectivity index is 2.57. The van der Waals surface area contributed by atoms with E-state index >= 15 is 0 Å². The second-order valence-corrected chi connectivity index (χ2v) is 4.47. The number of hydrogen-bond acceptors (Lipinski definition) is 2. The van der Waals surface area contributed by atoms with Crippen LogP contribution in [0.3, 0.4) is 0 Å². The number of rotatable bonds is 5. The van der Waals surface area contributed by atoms with Crippen LogP contribution in [0.1, 0.15) is 50.3 Å². The second-order valence-electron chi connectivity index (χ2n) is 4.47. The second kappa shape index (κ2) is 8.34. The first-order chi connectivity index (χ1) is 9.17. The van der Waals surface area contributed by atoms with Crippen molar-refractivity contribution in [3.8, 4) is 11.8 Å². The molecule has 0 spiro atoms. The molecule has 0 fully saturated rings. The molecule has 0 saturated heterocycles. The molecular weight excluding hydrogens is 238 g/mol. The molecule has 2 N–H and O–H groups in total. The fourth-order valence-corrected chi connectivity index (χ4v) is 1.73. The van der Waals surface area contributed by atoms with Crippen molar-refractivity contribution in [3.05, 3.63) is 35.4 Å². The van der Waals surface area contributed by atoms with Gasteiger partial charge in [0.1, 0.15) is 6.61 Å². The zero-order valence-electron chi connectivity index (χ0n) is 11.6. The minimum Gasteiger partial charge on any atom is -0.384 e. The Hall–Kier alpha value is -1.79. The summed E-state index contributed by atoms with van der Waals surface area (Å²) in [5, 5.41) is 11.6. The third kappa shape index (κ3) is 5.58. The van der Waals surface area contributed by atoms with Gasteiger partial charge in [-0.1, -0.05) is 37.3 Å². The van der Waals surface area contributed by atoms with Crippen molar-refractivity contribution in [3.63, 3.8) is 0 Å². The van der Waals surface area contributed by atoms with Crippen molar-refractivity contribution in [1.29, 1.82) is 0 Å². The highest BCUT2D eigenvalue weighted by Crippen LogP contribution is 2.13. The van der Waals surface area contributed by atoms with E-state index in [1.54, 1.807) is 0 Å². The number of carbonyl (C=O) groups excluding carboxylic acids is 1. The SMILES string of the molecule is CCCCC(=O)NC(C)c1ccc(C#CCO)cc1. The van der Waals surface area contributed by atoms with Gasteiger partial charge in [-0.3, -0.25) is 4.79 Å². The zero-order chi connectivity index (χ0) is 14.1. The Morgan fingerprint density at radius 2 is 2.05 bits per heavy atom. The summed E-state index contributed by atoms with van der Waals surface area (Å²) in [6.45, 7) is 3.91. The van der Waals surface area contributed by atoms with Crippen LogP contribution in [-0.2, 0) is 4.79 Å². The first-order valence-electron chi connectivity index (χ1n) is 6.66. The fraction of sp³-hybridized carbons (Fsp3) is 0.438. The summed E-state index contributed by atoms with van der Waals surface area (Å²) < 4.78 is 0. The van der Waals surface area contributed by atoms with E-state index in [1.807, 2.05) is 31.2 Å². The van der Waals surface area contributed by atoms with Crippen LogP contribution in [0, 0.1) is 11.8 Å². The Kier molecular flexibility index (Phi) is 6.70. The summed E-state index contributed by atoms with van der Waals surface area (Å²) in [5.41, 5.74) is 1.92. The van der Waals surface area contributed by atoms with Gasteiger partial charge >= 0.3 is 0 Å². The summed E-state index contributed by atoms with van der Waals surface area (Å²) in [5.74, 6) is 5.54. The van der Waals surface area contributed by atoms with Crippen molar-refractivity contribution in [1.82, 2.24) is 5.32 Å². The van der Waals surface area contributed by atoms with Crippen LogP contribution in [0.2, 0.25) is 0 Å². The van der Waals surface area contributed by atoms with Gasteiger partial charge in [0.25, 0.3) is 0 Å². The standard InChI is InChI=1S/C16H21NO2/c1-3-4-7-16(19)17-13(2)15-10-8-14(9-11-15)6-5-12-18/h8-11,13,18H,3-4,7,12H2,1-2H3,(H,17,19). The Bertz CT molecular complexity index is 454. The summed E-state index contributed by atoms with van der Waals surface area (Å²) in [6.07, 6.45) is 2.54. The number of benzene rings is 1. The van der Waals surface area contributed by atoms with Gasteiger partial charge in [0, 0.05) is 12.0 Å². The molecule has 0 aliphatic heterocycles. The van der Waals surface area contributed by atoms with Gasteiger partial charge in [0.2, 0.25) is 5.91 Å². The lowest BCUT2D eigenvalue weighted by atomic mass is 10.1. The summed E-state index contributed by atoms with van der Waals surface area (Å²) in [4.78, 5) is 11.6. The van der Waals surface area contributed by atoms with Gasteiger partial charge in [-0.2, -0.15) is 0 Å². The van der Waals surface area contributed by atoms with Gasteiger partial charge < -0.3 is 10.4 Å². The van der Waals surface area contributed by atoms with Gasteiger partial charge in [-0.15, -0.1) is 0 Å². The monoisotopic (exact) mass is 259 g/mol. The van der Waals surface area contributed by atoms with Crippen LogP contribution in [0.5, 0.6) is 0 Å². The van der Waals surface area contributed by atoms with Crippen LogP contribution in [0.4, 0.5) is 0 Å². The molecule has 0 bridgehead atoms. The molecule has 0 heterocycles. The maximum absolute atomic E-state index is 11.6. The predicted octanol–water partition coefficient (Wildman–Crippen LogP) is 2.40. The number of aliphatic hydroxyl groups is 1. The Labute approximate surface area is 115 Å². The molecule has 1 aromatic rings. The molecule has 1 atom stereocenters. The normalized spacial score (nSPS) is 11.3. The minimum atomic E-state index is -0.133. The highest BCUT2D eigenvalue weighted by atomic mass is 16.2. The Morgan fingerprint density at radius 3 is 2.63 bits per heavy atom. The van der Waals surface area contributed by atoms with E-state index in [0.717, 1.165) is 24.0 Å². The zero-order valence-corrected chi connectivity index (χ0v) is 11.6. The first-order valence-corrected chi connectivity index (χ1v) is 6.66. The van der Waals surface area contributed by atoms with Crippen molar-refractivity contribution in [2.24, 2.45) is 0 Å². The topological polar surface area (TPSA) is 49.3 Å². The maximum Gasteiger partial charge on any atom is 0.220 e. The van der Waals surface area contributed by atoms with Crippen molar-refractivity contribution in [2.75, 3.05) is 6.61 Å². The summed E-state index contributed by atoms with van der Waals surface area (Å²) >= 11 is 0. The smallest absolute Gasteiger partial charge is 0.220 e. The number of nitrogens with one attached hydrogen (secondary N) is 1. The lowest BCUT2D eigenvalue weighted by molar-refractivity contribution is -0.121. The molecule has 1 unspecified atom stereocenters. The maximum atomic E-state index is 11.6. The summed E-state index contributed by atoms with van der Waals surface area (Å²) in [7, 11) is 0. The van der Waals surface area contributed by atoms with E-state index < -0.39 is 0 Å². The van der Waals surface area contributed by atoms with Crippen LogP contribution in [-0.4, -0.2) is 17.6 Å². The number of hydrogen-bond donors (Lipinski definition) is 2. The summed E-state index contributed by atoms with van der Waals surface area (Å²) in [6, 6.07) is 7.70. The predicted molar refractivity (Wildman–Crippen MR) is 76.5 cm³/mol. The van der Waals surface area contributed by atoms with E-state index in [2.05, 4.69) is 24.1 Å². The molecule has 3 nitrogen and oxygen atoms in total. The molecule has 19 heavy (non-hydrogen) atoms. The van der Waals surface area contributed by atoms with Gasteiger partial charge in [-0.25, -0.2) is 0 Å². The minimum absolute atomic E-state index is 0.00390. The van der Waals surface area contributed by atoms with Crippen molar-refractivity contribution in [2.45, 2.75) is 39.2 Å². The molecule has 0 saturated carbocycles. The van der Waals surface area contributed by atoms with Crippen LogP contribution in [0.15, 0.2) is 24.3 Å². The van der Waals surface area contributed by atoms with Crippen molar-refractivity contribution < 1.29 is 9.90 Å². The van der Waals surface area contributed by atoms with Crippen LogP contribution >= 0.6 is 0 Å². The van der Waals surface area contributed by atoms with Crippen LogP contribution < -0.4 is 5.32 Å². The number of amides is 1. The third-order valence-corrected chi connectivity index (χ3v) is 2.86. The molecular formula is C16H21NO2. The number of unbranched alkanes of at least 4 members (excludes halogenated alkanes) is 1. The Morgan fingerprint density at radius 1 is 1.37 bits per heavy atom. The molecule has 1 rings (SSSR count). The van der Waals surface area contributed by atoms with Gasteiger partial charge in [0.15, 0.2) is 0 Å². The van der Waals surface area contributed by atoms with Crippen molar-refractivity contribution >= 4 is 5.91 Å². The average Bonchev–Trinajstić information content (AvgIpc) is 2.43. The third-order valence-electron chi connectivity index (χ3n) is 2.86.